The third-order valence-electron chi connectivity index (χ3n) is 2.09. The van der Waals surface area contributed by atoms with Crippen molar-refractivity contribution in [3.63, 3.8) is 0 Å². The summed E-state index contributed by atoms with van der Waals surface area (Å²) in [5, 5.41) is 8.71. The molecule has 0 bridgehead atoms. The molecule has 0 aliphatic rings. The Morgan fingerprint density at radius 2 is 2.25 bits per heavy atom. The molecule has 16 heavy (non-hydrogen) atoms. The second-order valence-electron chi connectivity index (χ2n) is 3.23. The normalized spacial score (nSPS) is 9.94. The van der Waals surface area contributed by atoms with Crippen molar-refractivity contribution in [1.29, 1.82) is 5.26 Å². The average molecular weight is 230 g/mol. The second-order valence-corrected chi connectivity index (χ2v) is 4.25. The molecule has 0 aliphatic heterocycles. The number of thioether (sulfide) groups is 1. The predicted octanol–water partition coefficient (Wildman–Crippen LogP) is 3.03. The smallest absolute Gasteiger partial charge is 0.113 e. The number of nitrogens with zero attached hydrogens (tertiary/aromatic N) is 1. The van der Waals surface area contributed by atoms with Crippen LogP contribution in [0, 0.1) is 11.3 Å². The maximum Gasteiger partial charge on any atom is 0.113 e. The van der Waals surface area contributed by atoms with Crippen LogP contribution in [0.5, 0.6) is 0 Å². The van der Waals surface area contributed by atoms with Gasteiger partial charge in [-0.05, 0) is 30.3 Å². The van der Waals surface area contributed by atoms with E-state index < -0.39 is 0 Å². The summed E-state index contributed by atoms with van der Waals surface area (Å²) < 4.78 is 5.23. The van der Waals surface area contributed by atoms with Gasteiger partial charge < -0.3 is 10.2 Å². The van der Waals surface area contributed by atoms with E-state index in [1.54, 1.807) is 30.2 Å². The van der Waals surface area contributed by atoms with Gasteiger partial charge in [-0.2, -0.15) is 5.26 Å². The van der Waals surface area contributed by atoms with Crippen molar-refractivity contribution in [3.05, 3.63) is 47.9 Å². The molecule has 0 amide bonds. The summed E-state index contributed by atoms with van der Waals surface area (Å²) in [4.78, 5) is 0.968. The molecular weight excluding hydrogens is 220 g/mol. The van der Waals surface area contributed by atoms with Gasteiger partial charge in [-0.15, -0.1) is 11.8 Å². The first-order chi connectivity index (χ1) is 7.79. The lowest BCUT2D eigenvalue weighted by atomic mass is 10.2. The lowest BCUT2D eigenvalue weighted by Crippen LogP contribution is -1.90. The number of nitrogens with two attached hydrogens (primary N) is 1. The molecule has 0 unspecified atom stereocenters. The van der Waals surface area contributed by atoms with Crippen LogP contribution in [0.25, 0.3) is 0 Å². The van der Waals surface area contributed by atoms with Crippen LogP contribution in [0.4, 0.5) is 5.69 Å². The van der Waals surface area contributed by atoms with Gasteiger partial charge in [0, 0.05) is 10.6 Å². The molecule has 1 aromatic carbocycles. The molecule has 3 nitrogen and oxygen atoms in total. The highest BCUT2D eigenvalue weighted by Crippen LogP contribution is 2.28. The van der Waals surface area contributed by atoms with E-state index in [0.717, 1.165) is 16.4 Å². The number of nitrogen functional groups attached to an aromatic ring is 1. The van der Waals surface area contributed by atoms with Crippen molar-refractivity contribution in [2.75, 3.05) is 5.73 Å². The Kier molecular flexibility index (Phi) is 3.18. The quantitative estimate of drug-likeness (QED) is 0.650. The van der Waals surface area contributed by atoms with E-state index in [4.69, 9.17) is 15.4 Å². The Morgan fingerprint density at radius 1 is 1.38 bits per heavy atom. The van der Waals surface area contributed by atoms with Crippen LogP contribution in [-0.4, -0.2) is 0 Å². The Labute approximate surface area is 97.9 Å². The van der Waals surface area contributed by atoms with Gasteiger partial charge in [0.15, 0.2) is 0 Å². The van der Waals surface area contributed by atoms with E-state index in [1.807, 2.05) is 18.2 Å². The minimum Gasteiger partial charge on any atom is -0.468 e. The number of rotatable bonds is 3. The van der Waals surface area contributed by atoms with Crippen LogP contribution in [0.3, 0.4) is 0 Å². The van der Waals surface area contributed by atoms with Gasteiger partial charge in [-0.25, -0.2) is 0 Å². The number of anilines is 1. The first kappa shape index (κ1) is 10.7. The lowest BCUT2D eigenvalue weighted by Gasteiger charge is -2.03. The molecule has 2 N–H and O–H groups in total. The van der Waals surface area contributed by atoms with E-state index in [2.05, 4.69) is 6.07 Å². The molecule has 0 radical (unpaired) electrons. The van der Waals surface area contributed by atoms with Crippen molar-refractivity contribution in [2.24, 2.45) is 0 Å². The highest BCUT2D eigenvalue weighted by molar-refractivity contribution is 7.98. The molecule has 80 valence electrons. The Hall–Kier alpha value is -1.86. The predicted molar refractivity (Wildman–Crippen MR) is 63.8 cm³/mol. The summed E-state index contributed by atoms with van der Waals surface area (Å²) in [5.74, 6) is 1.65. The van der Waals surface area contributed by atoms with E-state index in [1.165, 1.54) is 0 Å². The summed E-state index contributed by atoms with van der Waals surface area (Å²) in [7, 11) is 0. The fraction of sp³-hybridized carbons (Fsp3) is 0.0833. The van der Waals surface area contributed by atoms with Crippen molar-refractivity contribution in [2.45, 2.75) is 10.6 Å². The topological polar surface area (TPSA) is 63.0 Å². The number of hydrogen-bond donors (Lipinski definition) is 1. The number of benzene rings is 1. The van der Waals surface area contributed by atoms with Gasteiger partial charge in [0.2, 0.25) is 0 Å². The van der Waals surface area contributed by atoms with Crippen molar-refractivity contribution in [1.82, 2.24) is 0 Å². The molecule has 1 aromatic heterocycles. The molecule has 2 rings (SSSR count). The number of furan rings is 1. The third kappa shape index (κ3) is 2.38. The van der Waals surface area contributed by atoms with Gasteiger partial charge in [-0.3, -0.25) is 0 Å². The summed E-state index contributed by atoms with van der Waals surface area (Å²) in [6, 6.07) is 11.2. The van der Waals surface area contributed by atoms with Crippen LogP contribution >= 0.6 is 11.8 Å². The van der Waals surface area contributed by atoms with Gasteiger partial charge in [0.05, 0.1) is 23.6 Å². The first-order valence-corrected chi connectivity index (χ1v) is 5.73. The van der Waals surface area contributed by atoms with Crippen LogP contribution < -0.4 is 5.73 Å². The monoisotopic (exact) mass is 230 g/mol. The van der Waals surface area contributed by atoms with E-state index in [9.17, 15) is 0 Å². The molecule has 4 heteroatoms. The van der Waals surface area contributed by atoms with Crippen LogP contribution in [0.1, 0.15) is 11.3 Å². The Morgan fingerprint density at radius 3 is 2.88 bits per heavy atom. The molecule has 0 saturated carbocycles. The highest BCUT2D eigenvalue weighted by Gasteiger charge is 2.03. The van der Waals surface area contributed by atoms with E-state index in [0.29, 0.717) is 11.3 Å². The second kappa shape index (κ2) is 4.77. The lowest BCUT2D eigenvalue weighted by molar-refractivity contribution is 0.530. The van der Waals surface area contributed by atoms with Gasteiger partial charge in [0.1, 0.15) is 5.76 Å². The standard InChI is InChI=1S/C12H10N2OS/c13-7-9-3-4-12(11(14)6-9)16-8-10-2-1-5-15-10/h1-6H,8,14H2. The molecule has 0 saturated heterocycles. The van der Waals surface area contributed by atoms with Gasteiger partial charge in [-0.1, -0.05) is 0 Å². The number of hydrogen-bond acceptors (Lipinski definition) is 4. The third-order valence-corrected chi connectivity index (χ3v) is 3.20. The summed E-state index contributed by atoms with van der Waals surface area (Å²) in [6.45, 7) is 0. The summed E-state index contributed by atoms with van der Waals surface area (Å²) >= 11 is 1.60. The zero-order valence-electron chi connectivity index (χ0n) is 8.51. The zero-order chi connectivity index (χ0) is 11.4. The molecule has 0 atom stereocenters. The molecule has 0 aliphatic carbocycles. The molecule has 2 aromatic rings. The summed E-state index contributed by atoms with van der Waals surface area (Å²) in [6.07, 6.45) is 1.65. The maximum atomic E-state index is 8.71. The van der Waals surface area contributed by atoms with Gasteiger partial charge in [0.25, 0.3) is 0 Å². The van der Waals surface area contributed by atoms with Crippen molar-refractivity contribution >= 4 is 17.4 Å². The van der Waals surface area contributed by atoms with Gasteiger partial charge >= 0.3 is 0 Å². The minimum atomic E-state index is 0.583. The van der Waals surface area contributed by atoms with Crippen LogP contribution in [0.15, 0.2) is 45.9 Å². The van der Waals surface area contributed by atoms with Crippen LogP contribution in [0.2, 0.25) is 0 Å². The van der Waals surface area contributed by atoms with E-state index >= 15 is 0 Å². The zero-order valence-corrected chi connectivity index (χ0v) is 9.33. The fourth-order valence-electron chi connectivity index (χ4n) is 1.29. The van der Waals surface area contributed by atoms with Crippen LogP contribution in [-0.2, 0) is 5.75 Å². The Bertz CT molecular complexity index is 514. The van der Waals surface area contributed by atoms with Crippen molar-refractivity contribution < 1.29 is 4.42 Å². The molecule has 0 spiro atoms. The highest BCUT2D eigenvalue weighted by atomic mass is 32.2. The SMILES string of the molecule is N#Cc1ccc(SCc2ccco2)c(N)c1. The summed E-state index contributed by atoms with van der Waals surface area (Å²) in [5.41, 5.74) is 7.05. The molecule has 1 heterocycles. The largest absolute Gasteiger partial charge is 0.468 e. The van der Waals surface area contributed by atoms with Crippen molar-refractivity contribution in [3.8, 4) is 6.07 Å². The number of nitriles is 1. The minimum absolute atomic E-state index is 0.583. The average Bonchev–Trinajstić information content (AvgIpc) is 2.80. The van der Waals surface area contributed by atoms with E-state index in [-0.39, 0.29) is 0 Å². The maximum absolute atomic E-state index is 8.71. The fourth-order valence-corrected chi connectivity index (χ4v) is 2.14. The molecular formula is C12H10N2OS. The molecule has 0 fully saturated rings. The Balaban J connectivity index is 2.08. The first-order valence-electron chi connectivity index (χ1n) is 4.74.